The number of aliphatic imine (C=N–C) groups is 1. The van der Waals surface area contributed by atoms with Gasteiger partial charge in [-0.2, -0.15) is 4.02 Å². The fraction of sp³-hybridized carbons (Fsp3) is 0.429. The summed E-state index contributed by atoms with van der Waals surface area (Å²) in [5.41, 5.74) is 11.3. The van der Waals surface area contributed by atoms with Crippen molar-refractivity contribution in [2.75, 3.05) is 19.0 Å². The molecule has 1 rings (SSSR count). The molecule has 35 heavy (non-hydrogen) atoms. The molecule has 0 spiro atoms. The maximum Gasteiger partial charge on any atom is 0.156 e. The van der Waals surface area contributed by atoms with Gasteiger partial charge < -0.3 is 10.3 Å². The van der Waals surface area contributed by atoms with Crippen molar-refractivity contribution in [1.82, 2.24) is 15.8 Å². The maximum absolute atomic E-state index is 4.84. The molecule has 0 fully saturated rings. The van der Waals surface area contributed by atoms with Gasteiger partial charge in [-0.15, -0.1) is 0 Å². The van der Waals surface area contributed by atoms with Gasteiger partial charge in [0.25, 0.3) is 0 Å². The molecule has 0 aromatic heterocycles. The third kappa shape index (κ3) is 11.3. The average molecular weight is 656 g/mol. The molecule has 5 nitrogen and oxygen atoms in total. The van der Waals surface area contributed by atoms with Crippen LogP contribution in [0.5, 0.6) is 0 Å². The number of likely N-dealkylation sites (N-methyl/N-ethyl adjacent to an activating group) is 1. The molecule has 1 unspecified atom stereocenters. The summed E-state index contributed by atoms with van der Waals surface area (Å²) in [4.78, 5) is 9.04. The predicted octanol–water partition coefficient (Wildman–Crippen LogP) is 7.87. The number of halogens is 2. The van der Waals surface area contributed by atoms with Gasteiger partial charge in [0, 0.05) is 31.8 Å². The lowest BCUT2D eigenvalue weighted by atomic mass is 9.98. The van der Waals surface area contributed by atoms with Gasteiger partial charge in [-0.05, 0) is 48.3 Å². The molecule has 0 heterocycles. The summed E-state index contributed by atoms with van der Waals surface area (Å²) >= 11 is 5.37. The summed E-state index contributed by atoms with van der Waals surface area (Å²) in [5.74, 6) is 1.79. The largest absolute Gasteiger partial charge is 0.356 e. The molecule has 0 saturated carbocycles. The van der Waals surface area contributed by atoms with E-state index in [1.807, 2.05) is 36.3 Å². The van der Waals surface area contributed by atoms with E-state index in [4.69, 9.17) is 4.99 Å². The van der Waals surface area contributed by atoms with Gasteiger partial charge in [0.05, 0.1) is 22.2 Å². The highest BCUT2D eigenvalue weighted by Crippen LogP contribution is 2.21. The number of hydrazine groups is 1. The van der Waals surface area contributed by atoms with Gasteiger partial charge in [0.15, 0.2) is 5.84 Å². The molecular formula is C28H43BrIN5. The highest BCUT2D eigenvalue weighted by molar-refractivity contribution is 14.1. The normalized spacial score (nSPS) is 13.5. The lowest BCUT2D eigenvalue weighted by Gasteiger charge is -2.29. The minimum Gasteiger partial charge on any atom is -0.356 e. The average Bonchev–Trinajstić information content (AvgIpc) is 2.88. The molecule has 0 saturated heterocycles. The topological polar surface area (TPSA) is 52.0 Å². The van der Waals surface area contributed by atoms with Gasteiger partial charge >= 0.3 is 0 Å². The van der Waals surface area contributed by atoms with Crippen LogP contribution in [-0.4, -0.2) is 41.6 Å². The van der Waals surface area contributed by atoms with Crippen molar-refractivity contribution in [2.45, 2.75) is 59.4 Å². The molecule has 7 heteroatoms. The van der Waals surface area contributed by atoms with Crippen molar-refractivity contribution >= 4 is 56.0 Å². The highest BCUT2D eigenvalue weighted by atomic mass is 127. The standard InChI is InChI=1S/C27H40BrN5.CH3I/c1-9-14-21(5)30-26(15-10-2)33(8)22(6)23(11-3)19-18-20(4)24-16-12-13-17-25(24)27(31-28)32-29-7;1-2/h11-13,16-19,22,29H,3,5,9-10,14-15H2,1-2,4,6-8H3,(H,31,32);1H3/b20-18+,23-19+,30-26?;. The SMILES string of the molecule is C=C/C(=C\C=C(/C)c1ccccc1/C(=N/Br)NNC)C(C)N(C)C(CCC)=NC(=C)CCC.CI. The summed E-state index contributed by atoms with van der Waals surface area (Å²) in [6, 6.07) is 8.31. The first-order valence-electron chi connectivity index (χ1n) is 11.9. The van der Waals surface area contributed by atoms with Crippen LogP contribution in [0.4, 0.5) is 0 Å². The molecule has 1 atom stereocenters. The molecule has 0 radical (unpaired) electrons. The third-order valence-electron chi connectivity index (χ3n) is 5.47. The van der Waals surface area contributed by atoms with E-state index >= 15 is 0 Å². The number of alkyl halides is 1. The van der Waals surface area contributed by atoms with Crippen LogP contribution in [-0.2, 0) is 0 Å². The minimum atomic E-state index is 0.132. The minimum absolute atomic E-state index is 0.132. The summed E-state index contributed by atoms with van der Waals surface area (Å²) in [6.45, 7) is 16.8. The third-order valence-corrected chi connectivity index (χ3v) is 5.82. The number of nitrogens with one attached hydrogen (secondary N) is 2. The van der Waals surface area contributed by atoms with E-state index in [1.165, 1.54) is 0 Å². The number of rotatable bonds is 12. The number of benzene rings is 1. The summed E-state index contributed by atoms with van der Waals surface area (Å²) in [7, 11) is 3.91. The Balaban J connectivity index is 0.00000562. The van der Waals surface area contributed by atoms with Crippen molar-refractivity contribution in [3.05, 3.63) is 78.0 Å². The van der Waals surface area contributed by atoms with Gasteiger partial charge in [-0.1, -0.05) is 98.5 Å². The zero-order valence-electron chi connectivity index (χ0n) is 22.5. The number of hydrogen-bond donors (Lipinski definition) is 2. The van der Waals surface area contributed by atoms with Crippen LogP contribution in [0.15, 0.2) is 75.9 Å². The predicted molar refractivity (Wildman–Crippen MR) is 170 cm³/mol. The van der Waals surface area contributed by atoms with E-state index in [9.17, 15) is 0 Å². The van der Waals surface area contributed by atoms with Crippen LogP contribution in [0.1, 0.15) is 64.5 Å². The Kier molecular flexibility index (Phi) is 18.5. The van der Waals surface area contributed by atoms with E-state index in [-0.39, 0.29) is 6.04 Å². The second kappa shape index (κ2) is 19.5. The first kappa shape index (κ1) is 33.3. The molecule has 0 amide bonds. The van der Waals surface area contributed by atoms with E-state index in [0.717, 1.165) is 65.3 Å². The quantitative estimate of drug-likeness (QED) is 0.0602. The summed E-state index contributed by atoms with van der Waals surface area (Å²) < 4.78 is 4.20. The Morgan fingerprint density at radius 3 is 2.26 bits per heavy atom. The van der Waals surface area contributed by atoms with E-state index in [0.29, 0.717) is 0 Å². The van der Waals surface area contributed by atoms with Crippen LogP contribution in [0.25, 0.3) is 5.57 Å². The highest BCUT2D eigenvalue weighted by Gasteiger charge is 2.16. The first-order chi connectivity index (χ1) is 16.8. The molecule has 194 valence electrons. The van der Waals surface area contributed by atoms with Gasteiger partial charge in [-0.25, -0.2) is 10.4 Å². The van der Waals surface area contributed by atoms with Crippen LogP contribution >= 0.6 is 38.7 Å². The smallest absolute Gasteiger partial charge is 0.156 e. The van der Waals surface area contributed by atoms with Crippen LogP contribution in [0.2, 0.25) is 0 Å². The van der Waals surface area contributed by atoms with Crippen LogP contribution in [0.3, 0.4) is 0 Å². The molecule has 1 aromatic carbocycles. The summed E-state index contributed by atoms with van der Waals surface area (Å²) in [6.07, 6.45) is 10.1. The first-order valence-corrected chi connectivity index (χ1v) is 14.8. The maximum atomic E-state index is 4.84. The molecule has 0 bridgehead atoms. The Bertz CT molecular complexity index is 918. The van der Waals surface area contributed by atoms with Crippen molar-refractivity contribution in [3.8, 4) is 0 Å². The Morgan fingerprint density at radius 2 is 1.74 bits per heavy atom. The molecule has 2 N–H and O–H groups in total. The number of nitrogens with zero attached hydrogens (tertiary/aromatic N) is 3. The Labute approximate surface area is 236 Å². The van der Waals surface area contributed by atoms with Crippen molar-refractivity contribution in [3.63, 3.8) is 0 Å². The number of hydrogen-bond acceptors (Lipinski definition) is 3. The number of allylic oxidation sites excluding steroid dienone is 4. The molecule has 1 aromatic rings. The molecular weight excluding hydrogens is 613 g/mol. The molecule has 0 aliphatic rings. The van der Waals surface area contributed by atoms with Crippen LogP contribution < -0.4 is 10.9 Å². The molecule has 0 aliphatic carbocycles. The Hall–Kier alpha value is -1.71. The van der Waals surface area contributed by atoms with Crippen molar-refractivity contribution in [2.24, 2.45) is 9.01 Å². The van der Waals surface area contributed by atoms with Gasteiger partial charge in [-0.3, -0.25) is 0 Å². The van der Waals surface area contributed by atoms with E-state index < -0.39 is 0 Å². The monoisotopic (exact) mass is 655 g/mol. The fourth-order valence-corrected chi connectivity index (χ4v) is 3.76. The lowest BCUT2D eigenvalue weighted by Crippen LogP contribution is -2.36. The van der Waals surface area contributed by atoms with Gasteiger partial charge in [0.2, 0.25) is 0 Å². The Morgan fingerprint density at radius 1 is 1.14 bits per heavy atom. The van der Waals surface area contributed by atoms with Gasteiger partial charge in [0.1, 0.15) is 5.84 Å². The second-order valence-corrected chi connectivity index (χ2v) is 8.31. The van der Waals surface area contributed by atoms with Crippen LogP contribution in [0, 0.1) is 0 Å². The fourth-order valence-electron chi connectivity index (χ4n) is 3.48. The zero-order chi connectivity index (χ0) is 26.8. The van der Waals surface area contributed by atoms with E-state index in [2.05, 4.69) is 125 Å². The second-order valence-electron chi connectivity index (χ2n) is 7.96. The lowest BCUT2D eigenvalue weighted by molar-refractivity contribution is 0.430. The van der Waals surface area contributed by atoms with Crippen molar-refractivity contribution in [1.29, 1.82) is 0 Å². The van der Waals surface area contributed by atoms with Crippen molar-refractivity contribution < 1.29 is 0 Å². The summed E-state index contributed by atoms with van der Waals surface area (Å²) in [5, 5.41) is 0. The number of amidine groups is 2. The molecule has 0 aliphatic heterocycles. The van der Waals surface area contributed by atoms with E-state index in [1.54, 1.807) is 0 Å². The zero-order valence-corrected chi connectivity index (χ0v) is 26.2.